The maximum Gasteiger partial charge on any atom is 0.326 e. The summed E-state index contributed by atoms with van der Waals surface area (Å²) in [5.74, 6) is 1.66. The Morgan fingerprint density at radius 2 is 2.00 bits per heavy atom. The summed E-state index contributed by atoms with van der Waals surface area (Å²) >= 11 is 0. The molecule has 0 aromatic rings. The van der Waals surface area contributed by atoms with E-state index in [1.165, 1.54) is 13.1 Å². The first-order chi connectivity index (χ1) is 9.47. The molecule has 0 bridgehead atoms. The quantitative estimate of drug-likeness (QED) is 0.784. The lowest BCUT2D eigenvalue weighted by atomic mass is 9.85. The molecule has 4 nitrogen and oxygen atoms in total. The van der Waals surface area contributed by atoms with Crippen molar-refractivity contribution in [1.82, 2.24) is 4.90 Å². The summed E-state index contributed by atoms with van der Waals surface area (Å²) in [6.45, 7) is 10.4. The van der Waals surface area contributed by atoms with Crippen molar-refractivity contribution >= 4 is 5.97 Å². The second-order valence-corrected chi connectivity index (χ2v) is 6.85. The van der Waals surface area contributed by atoms with Gasteiger partial charge in [0.25, 0.3) is 0 Å². The third-order valence-corrected chi connectivity index (χ3v) is 5.38. The summed E-state index contributed by atoms with van der Waals surface area (Å²) in [5, 5.41) is 0. The summed E-state index contributed by atoms with van der Waals surface area (Å²) in [4.78, 5) is 14.6. The van der Waals surface area contributed by atoms with Gasteiger partial charge in [-0.25, -0.2) is 0 Å². The molecule has 4 heteroatoms. The van der Waals surface area contributed by atoms with Gasteiger partial charge in [-0.2, -0.15) is 0 Å². The molecule has 0 radical (unpaired) electrons. The van der Waals surface area contributed by atoms with Crippen molar-refractivity contribution in [3.8, 4) is 0 Å². The second-order valence-electron chi connectivity index (χ2n) is 6.85. The van der Waals surface area contributed by atoms with Crippen LogP contribution in [0.25, 0.3) is 0 Å². The lowest BCUT2D eigenvalue weighted by Gasteiger charge is -2.30. The predicted molar refractivity (Wildman–Crippen MR) is 80.3 cm³/mol. The molecule has 20 heavy (non-hydrogen) atoms. The minimum Gasteiger partial charge on any atom is -0.465 e. The molecule has 1 aliphatic carbocycles. The first kappa shape index (κ1) is 15.8. The van der Waals surface area contributed by atoms with Gasteiger partial charge in [0, 0.05) is 13.1 Å². The Labute approximate surface area is 123 Å². The molecule has 1 heterocycles. The van der Waals surface area contributed by atoms with Crippen LogP contribution in [0.4, 0.5) is 0 Å². The third-order valence-electron chi connectivity index (χ3n) is 5.38. The Bertz CT molecular complexity index is 337. The smallest absolute Gasteiger partial charge is 0.326 e. The highest BCUT2D eigenvalue weighted by Crippen LogP contribution is 2.37. The number of rotatable bonds is 5. The summed E-state index contributed by atoms with van der Waals surface area (Å²) < 4.78 is 5.19. The molecule has 0 aromatic carbocycles. The van der Waals surface area contributed by atoms with Crippen molar-refractivity contribution in [2.45, 2.75) is 52.0 Å². The van der Waals surface area contributed by atoms with E-state index in [4.69, 9.17) is 10.5 Å². The number of carbonyl (C=O) groups is 1. The summed E-state index contributed by atoms with van der Waals surface area (Å²) in [5.41, 5.74) is 5.65. The molecule has 0 spiro atoms. The van der Waals surface area contributed by atoms with Crippen molar-refractivity contribution in [3.63, 3.8) is 0 Å². The number of hydrogen-bond donors (Lipinski definition) is 1. The van der Waals surface area contributed by atoms with E-state index in [0.29, 0.717) is 6.61 Å². The molecule has 0 aromatic heterocycles. The Morgan fingerprint density at radius 3 is 2.60 bits per heavy atom. The fourth-order valence-electron chi connectivity index (χ4n) is 3.81. The largest absolute Gasteiger partial charge is 0.465 e. The van der Waals surface area contributed by atoms with Gasteiger partial charge in [-0.3, -0.25) is 4.79 Å². The fraction of sp³-hybridized carbons (Fsp3) is 0.938. The van der Waals surface area contributed by atoms with Crippen LogP contribution in [0.1, 0.15) is 46.5 Å². The monoisotopic (exact) mass is 282 g/mol. The normalized spacial score (nSPS) is 38.3. The maximum absolute atomic E-state index is 12.1. The standard InChI is InChI=1S/C16H30N2O2/c1-4-20-15(19)16(17)8-5-6-14(16)7-9-18-10-12(2)13(3)11-18/h12-14H,4-11,17H2,1-3H3. The summed E-state index contributed by atoms with van der Waals surface area (Å²) in [6, 6.07) is 0. The van der Waals surface area contributed by atoms with Crippen molar-refractivity contribution < 1.29 is 9.53 Å². The van der Waals surface area contributed by atoms with E-state index < -0.39 is 5.54 Å². The molecule has 2 rings (SSSR count). The van der Waals surface area contributed by atoms with E-state index in [1.807, 2.05) is 6.92 Å². The number of likely N-dealkylation sites (tertiary alicyclic amines) is 1. The zero-order valence-electron chi connectivity index (χ0n) is 13.2. The summed E-state index contributed by atoms with van der Waals surface area (Å²) in [7, 11) is 0. The molecule has 2 fully saturated rings. The van der Waals surface area contributed by atoms with E-state index in [0.717, 1.165) is 44.1 Å². The molecule has 4 unspecified atom stereocenters. The minimum atomic E-state index is -0.729. The molecule has 1 aliphatic heterocycles. The highest BCUT2D eigenvalue weighted by atomic mass is 16.5. The number of carbonyl (C=O) groups excluding carboxylic acids is 1. The van der Waals surface area contributed by atoms with Crippen LogP contribution in [0.15, 0.2) is 0 Å². The molecule has 1 saturated carbocycles. The lowest BCUT2D eigenvalue weighted by Crippen LogP contribution is -2.52. The third kappa shape index (κ3) is 3.17. The van der Waals surface area contributed by atoms with Gasteiger partial charge < -0.3 is 15.4 Å². The molecule has 1 saturated heterocycles. The van der Waals surface area contributed by atoms with Crippen molar-refractivity contribution in [2.24, 2.45) is 23.5 Å². The van der Waals surface area contributed by atoms with Gasteiger partial charge in [-0.05, 0) is 50.5 Å². The zero-order valence-corrected chi connectivity index (χ0v) is 13.2. The van der Waals surface area contributed by atoms with Gasteiger partial charge >= 0.3 is 5.97 Å². The number of nitrogens with zero attached hydrogens (tertiary/aromatic N) is 1. The van der Waals surface area contributed by atoms with Gasteiger partial charge in [0.05, 0.1) is 6.61 Å². The van der Waals surface area contributed by atoms with Crippen molar-refractivity contribution in [3.05, 3.63) is 0 Å². The SMILES string of the molecule is CCOC(=O)C1(N)CCCC1CCN1CC(C)C(C)C1. The average molecular weight is 282 g/mol. The van der Waals surface area contributed by atoms with Crippen molar-refractivity contribution in [1.29, 1.82) is 0 Å². The molecule has 116 valence electrons. The zero-order chi connectivity index (χ0) is 14.8. The molecule has 2 N–H and O–H groups in total. The van der Waals surface area contributed by atoms with Crippen LogP contribution >= 0.6 is 0 Å². The van der Waals surface area contributed by atoms with Gasteiger partial charge in [-0.1, -0.05) is 20.3 Å². The molecule has 4 atom stereocenters. The van der Waals surface area contributed by atoms with E-state index in [9.17, 15) is 4.79 Å². The first-order valence-electron chi connectivity index (χ1n) is 8.15. The number of esters is 1. The summed E-state index contributed by atoms with van der Waals surface area (Å²) in [6.07, 6.45) is 3.92. The van der Waals surface area contributed by atoms with Crippen LogP contribution in [0.3, 0.4) is 0 Å². The molecule has 0 amide bonds. The molecular formula is C16H30N2O2. The van der Waals surface area contributed by atoms with E-state index >= 15 is 0 Å². The Hall–Kier alpha value is -0.610. The Kier molecular flexibility index (Phi) is 5.08. The topological polar surface area (TPSA) is 55.6 Å². The van der Waals surface area contributed by atoms with Crippen LogP contribution in [0.2, 0.25) is 0 Å². The van der Waals surface area contributed by atoms with E-state index in [2.05, 4.69) is 18.7 Å². The first-order valence-corrected chi connectivity index (χ1v) is 8.15. The van der Waals surface area contributed by atoms with E-state index in [-0.39, 0.29) is 11.9 Å². The number of hydrogen-bond acceptors (Lipinski definition) is 4. The van der Waals surface area contributed by atoms with Crippen molar-refractivity contribution in [2.75, 3.05) is 26.2 Å². The van der Waals surface area contributed by atoms with Crippen LogP contribution in [0, 0.1) is 17.8 Å². The van der Waals surface area contributed by atoms with E-state index in [1.54, 1.807) is 0 Å². The average Bonchev–Trinajstić information content (AvgIpc) is 2.92. The van der Waals surface area contributed by atoms with Crippen LogP contribution in [-0.2, 0) is 9.53 Å². The minimum absolute atomic E-state index is 0.189. The number of nitrogens with two attached hydrogens (primary N) is 1. The van der Waals surface area contributed by atoms with Gasteiger partial charge in [-0.15, -0.1) is 0 Å². The van der Waals surface area contributed by atoms with Gasteiger partial charge in [0.15, 0.2) is 0 Å². The fourth-order valence-corrected chi connectivity index (χ4v) is 3.81. The molecular weight excluding hydrogens is 252 g/mol. The molecule has 2 aliphatic rings. The maximum atomic E-state index is 12.1. The lowest BCUT2D eigenvalue weighted by molar-refractivity contribution is -0.151. The number of ether oxygens (including phenoxy) is 1. The van der Waals surface area contributed by atoms with Gasteiger partial charge in [0.1, 0.15) is 5.54 Å². The van der Waals surface area contributed by atoms with Crippen LogP contribution in [0.5, 0.6) is 0 Å². The highest BCUT2D eigenvalue weighted by molar-refractivity contribution is 5.81. The Morgan fingerprint density at radius 1 is 1.35 bits per heavy atom. The predicted octanol–water partition coefficient (Wildman–Crippen LogP) is 2.02. The highest BCUT2D eigenvalue weighted by Gasteiger charge is 2.46. The second kappa shape index (κ2) is 6.44. The van der Waals surface area contributed by atoms with Crippen LogP contribution < -0.4 is 5.73 Å². The van der Waals surface area contributed by atoms with Crippen LogP contribution in [-0.4, -0.2) is 42.6 Å². The Balaban J connectivity index is 1.87. The van der Waals surface area contributed by atoms with Gasteiger partial charge in [0.2, 0.25) is 0 Å².